The van der Waals surface area contributed by atoms with E-state index in [-0.39, 0.29) is 12.1 Å². The molecule has 45 heavy (non-hydrogen) atoms. The molecule has 1 atom stereocenters. The molecule has 6 rings (SSSR count). The largest absolute Gasteiger partial charge is 0.444 e. The molecule has 0 bridgehead atoms. The van der Waals surface area contributed by atoms with E-state index in [2.05, 4.69) is 31.7 Å². The molecule has 0 radical (unpaired) electrons. The van der Waals surface area contributed by atoms with Gasteiger partial charge in [0.15, 0.2) is 0 Å². The molecule has 1 saturated heterocycles. The molecule has 0 aliphatic carbocycles. The van der Waals surface area contributed by atoms with Crippen LogP contribution in [0.4, 0.5) is 22.2 Å². The third-order valence-corrected chi connectivity index (χ3v) is 7.44. The van der Waals surface area contributed by atoms with Crippen LogP contribution in [0.15, 0.2) is 85.3 Å². The lowest BCUT2D eigenvalue weighted by molar-refractivity contribution is 0.0206. The van der Waals surface area contributed by atoms with E-state index >= 15 is 0 Å². The number of aryl methyl sites for hydroxylation is 1. The summed E-state index contributed by atoms with van der Waals surface area (Å²) in [5.74, 6) is 2.40. The molecule has 0 unspecified atom stereocenters. The highest BCUT2D eigenvalue weighted by atomic mass is 16.6. The van der Waals surface area contributed by atoms with Gasteiger partial charge in [0.05, 0.1) is 11.3 Å². The Balaban J connectivity index is 1.24. The fraction of sp³-hybridized carbons (Fsp3) is 0.286. The Bertz CT molecular complexity index is 1810. The summed E-state index contributed by atoms with van der Waals surface area (Å²) >= 11 is 0. The molecule has 1 aliphatic rings. The Labute approximate surface area is 262 Å². The molecular formula is C35H37N7O3. The number of anilines is 3. The third kappa shape index (κ3) is 7.12. The number of benzene rings is 2. The minimum Gasteiger partial charge on any atom is -0.444 e. The van der Waals surface area contributed by atoms with Crippen molar-refractivity contribution in [2.75, 3.05) is 23.7 Å². The number of rotatable bonds is 7. The number of piperidine rings is 1. The van der Waals surface area contributed by atoms with Crippen LogP contribution in [-0.2, 0) is 4.74 Å². The number of pyridine rings is 2. The second-order valence-corrected chi connectivity index (χ2v) is 12.1. The Morgan fingerprint density at radius 2 is 1.78 bits per heavy atom. The second-order valence-electron chi connectivity index (χ2n) is 12.1. The first kappa shape index (κ1) is 29.8. The van der Waals surface area contributed by atoms with Crippen molar-refractivity contribution in [2.24, 2.45) is 0 Å². The summed E-state index contributed by atoms with van der Waals surface area (Å²) in [6.07, 6.45) is 6.64. The van der Waals surface area contributed by atoms with E-state index in [1.807, 2.05) is 88.4 Å². The molecule has 10 heteroatoms. The van der Waals surface area contributed by atoms with Gasteiger partial charge in [0.25, 0.3) is 0 Å². The van der Waals surface area contributed by atoms with E-state index in [1.54, 1.807) is 23.5 Å². The molecule has 2 N–H and O–H groups in total. The number of likely N-dealkylation sites (tertiary alicyclic amines) is 1. The first-order chi connectivity index (χ1) is 21.7. The van der Waals surface area contributed by atoms with Crippen molar-refractivity contribution < 1.29 is 14.3 Å². The van der Waals surface area contributed by atoms with Crippen molar-refractivity contribution in [3.8, 4) is 22.9 Å². The zero-order valence-electron chi connectivity index (χ0n) is 25.9. The van der Waals surface area contributed by atoms with E-state index in [0.717, 1.165) is 46.2 Å². The number of nitrogens with one attached hydrogen (secondary N) is 2. The number of carbonyl (C=O) groups excluding carboxylic acids is 1. The minimum atomic E-state index is -0.540. The molecule has 10 nitrogen and oxygen atoms in total. The molecule has 230 valence electrons. The summed E-state index contributed by atoms with van der Waals surface area (Å²) in [6, 6.07) is 21.6. The highest BCUT2D eigenvalue weighted by Gasteiger charge is 2.28. The van der Waals surface area contributed by atoms with Gasteiger partial charge in [0, 0.05) is 54.2 Å². The normalized spacial score (nSPS) is 15.0. The van der Waals surface area contributed by atoms with Crippen LogP contribution >= 0.6 is 0 Å². The molecule has 1 amide bonds. The number of carbonyl (C=O) groups is 1. The van der Waals surface area contributed by atoms with Gasteiger partial charge in [-0.05, 0) is 82.5 Å². The number of nitrogens with zero attached hydrogens (tertiary/aromatic N) is 5. The Kier molecular flexibility index (Phi) is 8.46. The lowest BCUT2D eigenvalue weighted by Crippen LogP contribution is -2.47. The molecular weight excluding hydrogens is 566 g/mol. The van der Waals surface area contributed by atoms with Gasteiger partial charge in [-0.25, -0.2) is 24.7 Å². The molecule has 2 aromatic carbocycles. The van der Waals surface area contributed by atoms with Crippen LogP contribution in [-0.4, -0.2) is 55.7 Å². The SMILES string of the molecule is Cc1ccc2c(Nc3ccccn3)cccc2c1Oc1ncccc1-c1ccnc(N[C@H]2CCCN(C(=O)OC(C)(C)C)C2)n1. The fourth-order valence-corrected chi connectivity index (χ4v) is 5.37. The fourth-order valence-electron chi connectivity index (χ4n) is 5.37. The maximum absolute atomic E-state index is 12.7. The molecule has 1 fully saturated rings. The van der Waals surface area contributed by atoms with Gasteiger partial charge in [-0.3, -0.25) is 0 Å². The number of ether oxygens (including phenoxy) is 2. The van der Waals surface area contributed by atoms with E-state index in [1.165, 1.54) is 0 Å². The van der Waals surface area contributed by atoms with Crippen LogP contribution in [0.5, 0.6) is 11.6 Å². The third-order valence-electron chi connectivity index (χ3n) is 7.44. The number of aromatic nitrogens is 4. The van der Waals surface area contributed by atoms with Crippen molar-refractivity contribution in [2.45, 2.75) is 52.2 Å². The molecule has 1 aliphatic heterocycles. The van der Waals surface area contributed by atoms with Gasteiger partial charge >= 0.3 is 6.09 Å². The molecule has 4 heterocycles. The summed E-state index contributed by atoms with van der Waals surface area (Å²) in [6.45, 7) is 8.83. The number of fused-ring (bicyclic) bond motifs is 1. The van der Waals surface area contributed by atoms with Gasteiger partial charge < -0.3 is 25.0 Å². The smallest absolute Gasteiger partial charge is 0.410 e. The maximum atomic E-state index is 12.7. The summed E-state index contributed by atoms with van der Waals surface area (Å²) in [4.78, 5) is 32.7. The highest BCUT2D eigenvalue weighted by molar-refractivity contribution is 5.99. The predicted octanol–water partition coefficient (Wildman–Crippen LogP) is 7.74. The second kappa shape index (κ2) is 12.8. The van der Waals surface area contributed by atoms with Crippen LogP contribution in [0.1, 0.15) is 39.2 Å². The number of amides is 1. The summed E-state index contributed by atoms with van der Waals surface area (Å²) < 4.78 is 12.2. The summed E-state index contributed by atoms with van der Waals surface area (Å²) in [5, 5.41) is 8.79. The lowest BCUT2D eigenvalue weighted by Gasteiger charge is -2.34. The summed E-state index contributed by atoms with van der Waals surface area (Å²) in [7, 11) is 0. The van der Waals surface area contributed by atoms with E-state index < -0.39 is 5.60 Å². The number of hydrogen-bond acceptors (Lipinski definition) is 9. The predicted molar refractivity (Wildman–Crippen MR) is 176 cm³/mol. The van der Waals surface area contributed by atoms with Crippen molar-refractivity contribution in [3.05, 3.63) is 90.9 Å². The van der Waals surface area contributed by atoms with Crippen molar-refractivity contribution in [1.29, 1.82) is 0 Å². The summed E-state index contributed by atoms with van der Waals surface area (Å²) in [5.41, 5.74) is 2.77. The van der Waals surface area contributed by atoms with E-state index in [4.69, 9.17) is 14.5 Å². The molecule has 3 aromatic heterocycles. The van der Waals surface area contributed by atoms with E-state index in [9.17, 15) is 4.79 Å². The first-order valence-corrected chi connectivity index (χ1v) is 15.1. The average Bonchev–Trinajstić information content (AvgIpc) is 3.03. The van der Waals surface area contributed by atoms with Gasteiger partial charge in [0.2, 0.25) is 11.8 Å². The minimum absolute atomic E-state index is 0.00152. The zero-order chi connectivity index (χ0) is 31.4. The van der Waals surface area contributed by atoms with Crippen molar-refractivity contribution in [3.63, 3.8) is 0 Å². The van der Waals surface area contributed by atoms with Crippen LogP contribution in [0, 0.1) is 6.92 Å². The van der Waals surface area contributed by atoms with Crippen LogP contribution in [0.2, 0.25) is 0 Å². The van der Waals surface area contributed by atoms with Crippen LogP contribution in [0.25, 0.3) is 22.0 Å². The van der Waals surface area contributed by atoms with E-state index in [0.29, 0.717) is 36.4 Å². The molecule has 0 spiro atoms. The maximum Gasteiger partial charge on any atom is 0.410 e. The van der Waals surface area contributed by atoms with Gasteiger partial charge in [0.1, 0.15) is 17.2 Å². The van der Waals surface area contributed by atoms with Crippen LogP contribution < -0.4 is 15.4 Å². The highest BCUT2D eigenvalue weighted by Crippen LogP contribution is 2.39. The average molecular weight is 604 g/mol. The van der Waals surface area contributed by atoms with Gasteiger partial charge in [-0.2, -0.15) is 0 Å². The zero-order valence-corrected chi connectivity index (χ0v) is 25.9. The Morgan fingerprint density at radius 3 is 2.60 bits per heavy atom. The standard InChI is InChI=1S/C35H37N7O3/c1-23-15-16-25-26(11-7-13-28(25)40-30-14-5-6-18-36-30)31(23)44-32-27(12-8-19-37-32)29-17-20-38-33(41-29)39-24-10-9-21-42(22-24)34(43)45-35(2,3)4/h5-8,11-20,24H,9-10,21-22H2,1-4H3,(H,36,40)(H,38,39,41)/t24-/m0/s1. The Hall–Kier alpha value is -5.25. The topological polar surface area (TPSA) is 114 Å². The quantitative estimate of drug-likeness (QED) is 0.193. The van der Waals surface area contributed by atoms with Crippen LogP contribution in [0.3, 0.4) is 0 Å². The Morgan fingerprint density at radius 1 is 0.911 bits per heavy atom. The first-order valence-electron chi connectivity index (χ1n) is 15.1. The molecule has 0 saturated carbocycles. The van der Waals surface area contributed by atoms with Gasteiger partial charge in [-0.15, -0.1) is 0 Å². The van der Waals surface area contributed by atoms with Crippen molar-refractivity contribution >= 4 is 34.3 Å². The van der Waals surface area contributed by atoms with Crippen molar-refractivity contribution in [1.82, 2.24) is 24.8 Å². The monoisotopic (exact) mass is 603 g/mol. The molecule has 5 aromatic rings. The lowest BCUT2D eigenvalue weighted by atomic mass is 10.0. The number of hydrogen-bond donors (Lipinski definition) is 2. The van der Waals surface area contributed by atoms with Gasteiger partial charge in [-0.1, -0.05) is 30.3 Å².